The highest BCUT2D eigenvalue weighted by atomic mass is 16.5. The van der Waals surface area contributed by atoms with Crippen LogP contribution in [-0.2, 0) is 4.74 Å². The molecule has 0 N–H and O–H groups in total. The standard InChI is InChI=1S/C103H144N4O5/c1-5-9-13-16-19-22-29-35-41-46-51-78-110-89-60-54-57-85(81-89)101-94-69-67-92(104-94)100(84-63-65-88(66-64-84)109-77-50-45-40-38-33-28-26-25-27-32-34-39-44-49-76-108-75-12-8-4)93-68-70-95(105-93)102(86-58-55-61-90(82-86)111-79-52-47-42-36-30-23-20-17-14-10-6-2)97-72-74-99(107-97)103(98-73-71-96(101)106-98)87-59-56-62-91(83-87)112-80-53-48-43-37-31-24-21-18-15-11-7-3/h8,54-74,81-83H,4-7,9-53,75-80H2,1-3H3. The summed E-state index contributed by atoms with van der Waals surface area (Å²) in [6.45, 7) is 15.1. The minimum atomic E-state index is 0.674. The first-order chi connectivity index (χ1) is 55.5. The summed E-state index contributed by atoms with van der Waals surface area (Å²) in [5.74, 6) is 3.40. The fourth-order valence-electron chi connectivity index (χ4n) is 16.0. The van der Waals surface area contributed by atoms with Gasteiger partial charge in [-0.3, -0.25) is 0 Å². The van der Waals surface area contributed by atoms with E-state index in [1.807, 2.05) is 6.08 Å². The first kappa shape index (κ1) is 88.3. The lowest BCUT2D eigenvalue weighted by atomic mass is 9.98. The third-order valence-electron chi connectivity index (χ3n) is 22.6. The van der Waals surface area contributed by atoms with Crippen molar-refractivity contribution in [2.75, 3.05) is 39.6 Å². The molecule has 0 spiro atoms. The van der Waals surface area contributed by atoms with Crippen molar-refractivity contribution >= 4 is 45.1 Å². The van der Waals surface area contributed by atoms with Gasteiger partial charge in [-0.15, -0.1) is 6.58 Å². The molecule has 0 atom stereocenters. The molecule has 0 aromatic heterocycles. The molecule has 4 aromatic rings. The minimum absolute atomic E-state index is 0.674. The summed E-state index contributed by atoms with van der Waals surface area (Å²) in [4.78, 5) is 22.8. The van der Waals surface area contributed by atoms with Gasteiger partial charge in [0.2, 0.25) is 0 Å². The fraction of sp³-hybridized carbons (Fsp3) is 0.553. The van der Waals surface area contributed by atoms with Crippen LogP contribution in [0.25, 0.3) is 22.3 Å². The van der Waals surface area contributed by atoms with Crippen molar-refractivity contribution in [2.45, 2.75) is 329 Å². The average molecular weight is 1520 g/mol. The number of benzene rings is 4. The molecule has 9 rings (SSSR count). The van der Waals surface area contributed by atoms with E-state index in [2.05, 4.69) is 173 Å². The molecule has 9 nitrogen and oxygen atoms in total. The first-order valence-electron chi connectivity index (χ1n) is 45.7. The average Bonchev–Trinajstić information content (AvgIpc) is 1.61. The van der Waals surface area contributed by atoms with E-state index in [0.717, 1.165) is 158 Å². The van der Waals surface area contributed by atoms with Crippen molar-refractivity contribution in [3.63, 3.8) is 0 Å². The molecule has 112 heavy (non-hydrogen) atoms. The second-order valence-electron chi connectivity index (χ2n) is 32.1. The number of hydrogen-bond acceptors (Lipinski definition) is 9. The number of allylic oxidation sites excluding steroid dienone is 12. The summed E-state index contributed by atoms with van der Waals surface area (Å²) in [5.41, 5.74) is 14.2. The van der Waals surface area contributed by atoms with E-state index in [-0.39, 0.29) is 0 Å². The SMILES string of the molecule is C=CCCOCCCCCCCCCCCCCCCCOc1ccc(C2=C3C=CC(=N3)C(c3cccc(OCCCCCCCCCCCCC)c3)=C3C=CC(=N3)C(c3cccc(OCCCCCCCCCCCCC)c3)=C3C=CC(=N3)C(c3cccc(OCCCCCCCCCCCCC)c3)=C3C=CC2=N3)cc1. The quantitative estimate of drug-likeness (QED) is 0.0324. The Kier molecular flexibility index (Phi) is 43.4. The molecule has 5 heterocycles. The summed E-state index contributed by atoms with van der Waals surface area (Å²) in [6, 6.07) is 34.3. The van der Waals surface area contributed by atoms with Crippen molar-refractivity contribution in [1.82, 2.24) is 0 Å². The monoisotopic (exact) mass is 1520 g/mol. The maximum Gasteiger partial charge on any atom is 0.119 e. The van der Waals surface area contributed by atoms with Crippen LogP contribution in [0, 0.1) is 0 Å². The molecule has 0 fully saturated rings. The van der Waals surface area contributed by atoms with Crippen molar-refractivity contribution in [2.24, 2.45) is 20.0 Å². The largest absolute Gasteiger partial charge is 0.494 e. The number of aliphatic imine (C=N–C) groups is 4. The van der Waals surface area contributed by atoms with Crippen LogP contribution < -0.4 is 18.9 Å². The van der Waals surface area contributed by atoms with Gasteiger partial charge in [0.1, 0.15) is 23.0 Å². The van der Waals surface area contributed by atoms with Gasteiger partial charge in [-0.1, -0.05) is 345 Å². The van der Waals surface area contributed by atoms with Gasteiger partial charge >= 0.3 is 0 Å². The minimum Gasteiger partial charge on any atom is -0.494 e. The Morgan fingerprint density at radius 3 is 0.750 bits per heavy atom. The van der Waals surface area contributed by atoms with E-state index in [1.54, 1.807) is 0 Å². The van der Waals surface area contributed by atoms with E-state index in [4.69, 9.17) is 43.7 Å². The molecular formula is C103H144N4O5. The predicted molar refractivity (Wildman–Crippen MR) is 481 cm³/mol. The van der Waals surface area contributed by atoms with Crippen LogP contribution in [0.2, 0.25) is 0 Å². The molecular weight excluding hydrogens is 1370 g/mol. The molecule has 0 radical (unpaired) electrons. The molecule has 606 valence electrons. The maximum absolute atomic E-state index is 6.63. The fourth-order valence-corrected chi connectivity index (χ4v) is 16.0. The number of nitrogens with zero attached hydrogens (tertiary/aromatic N) is 4. The highest BCUT2D eigenvalue weighted by molar-refractivity contribution is 6.39. The molecule has 5 aliphatic rings. The molecule has 0 amide bonds. The Bertz CT molecular complexity index is 3720. The van der Waals surface area contributed by atoms with E-state index in [9.17, 15) is 0 Å². The van der Waals surface area contributed by atoms with E-state index in [1.165, 1.54) is 276 Å². The number of rotatable bonds is 64. The maximum atomic E-state index is 6.63. The third kappa shape index (κ3) is 32.3. The first-order valence-corrected chi connectivity index (χ1v) is 45.7. The number of ether oxygens (including phenoxy) is 5. The van der Waals surface area contributed by atoms with Gasteiger partial charge in [0.05, 0.1) is 72.1 Å². The summed E-state index contributed by atoms with van der Waals surface area (Å²) in [6.07, 6.45) is 81.0. The lowest BCUT2D eigenvalue weighted by Gasteiger charge is -2.14. The van der Waals surface area contributed by atoms with Crippen LogP contribution >= 0.6 is 0 Å². The smallest absolute Gasteiger partial charge is 0.119 e. The molecule has 0 unspecified atom stereocenters. The van der Waals surface area contributed by atoms with Crippen LogP contribution in [-0.4, -0.2) is 62.5 Å². The zero-order valence-corrected chi connectivity index (χ0v) is 70.2. The summed E-state index contributed by atoms with van der Waals surface area (Å²) in [7, 11) is 0. The number of hydrogen-bond donors (Lipinski definition) is 0. The molecule has 9 heteroatoms. The normalized spacial score (nSPS) is 14.3. The molecule has 0 saturated heterocycles. The third-order valence-corrected chi connectivity index (χ3v) is 22.6. The Morgan fingerprint density at radius 2 is 0.482 bits per heavy atom. The van der Waals surface area contributed by atoms with Crippen molar-refractivity contribution in [3.8, 4) is 23.0 Å². The lowest BCUT2D eigenvalue weighted by Crippen LogP contribution is -2.05. The van der Waals surface area contributed by atoms with Crippen molar-refractivity contribution < 1.29 is 23.7 Å². The van der Waals surface area contributed by atoms with E-state index >= 15 is 0 Å². The summed E-state index contributed by atoms with van der Waals surface area (Å²) >= 11 is 0. The molecule has 5 aliphatic heterocycles. The van der Waals surface area contributed by atoms with Gasteiger partial charge in [0.25, 0.3) is 0 Å². The molecule has 8 bridgehead atoms. The van der Waals surface area contributed by atoms with Gasteiger partial charge in [-0.05, 0) is 158 Å². The lowest BCUT2D eigenvalue weighted by molar-refractivity contribution is 0.134. The van der Waals surface area contributed by atoms with Gasteiger partial charge in [-0.25, -0.2) is 20.0 Å². The van der Waals surface area contributed by atoms with Crippen LogP contribution in [0.15, 0.2) is 201 Å². The molecule has 4 aromatic carbocycles. The van der Waals surface area contributed by atoms with Crippen LogP contribution in [0.5, 0.6) is 23.0 Å². The van der Waals surface area contributed by atoms with Crippen molar-refractivity contribution in [3.05, 3.63) is 203 Å². The van der Waals surface area contributed by atoms with Crippen molar-refractivity contribution in [1.29, 1.82) is 0 Å². The topological polar surface area (TPSA) is 95.6 Å². The summed E-state index contributed by atoms with van der Waals surface area (Å²) < 4.78 is 32.1. The Morgan fingerprint density at radius 1 is 0.241 bits per heavy atom. The zero-order valence-electron chi connectivity index (χ0n) is 70.2. The van der Waals surface area contributed by atoms with Crippen LogP contribution in [0.3, 0.4) is 0 Å². The molecule has 0 aliphatic carbocycles. The number of unbranched alkanes of at least 4 members (excludes halogenated alkanes) is 43. The highest BCUT2D eigenvalue weighted by Gasteiger charge is 2.29. The van der Waals surface area contributed by atoms with Crippen LogP contribution in [0.1, 0.15) is 351 Å². The number of fused-ring (bicyclic) bond motifs is 4. The summed E-state index contributed by atoms with van der Waals surface area (Å²) in [5, 5.41) is 0. The second-order valence-corrected chi connectivity index (χ2v) is 32.1. The predicted octanol–water partition coefficient (Wildman–Crippen LogP) is 30.2. The van der Waals surface area contributed by atoms with E-state index < -0.39 is 0 Å². The van der Waals surface area contributed by atoms with Gasteiger partial charge in [0.15, 0.2) is 0 Å². The Labute approximate surface area is 679 Å². The Hall–Kier alpha value is -7.62. The Balaban J connectivity index is 0.965. The zero-order chi connectivity index (χ0) is 77.8. The second kappa shape index (κ2) is 55.0. The highest BCUT2D eigenvalue weighted by Crippen LogP contribution is 2.41. The molecule has 0 saturated carbocycles. The van der Waals surface area contributed by atoms with Gasteiger partial charge in [-0.2, -0.15) is 0 Å². The van der Waals surface area contributed by atoms with Gasteiger partial charge in [0, 0.05) is 35.5 Å². The van der Waals surface area contributed by atoms with Crippen LogP contribution in [0.4, 0.5) is 0 Å². The van der Waals surface area contributed by atoms with E-state index in [0.29, 0.717) is 26.4 Å². The van der Waals surface area contributed by atoms with Gasteiger partial charge < -0.3 is 23.7 Å².